The van der Waals surface area contributed by atoms with Gasteiger partial charge in [0.15, 0.2) is 0 Å². The van der Waals surface area contributed by atoms with Crippen LogP contribution in [-0.2, 0) is 9.53 Å². The van der Waals surface area contributed by atoms with Crippen LogP contribution in [0.2, 0.25) is 0 Å². The summed E-state index contributed by atoms with van der Waals surface area (Å²) in [5.41, 5.74) is 2.39. The molecule has 5 heteroatoms. The molecule has 0 bridgehead atoms. The van der Waals surface area contributed by atoms with Gasteiger partial charge in [0.1, 0.15) is 5.82 Å². The molecule has 4 nitrogen and oxygen atoms in total. The van der Waals surface area contributed by atoms with Crippen molar-refractivity contribution in [1.82, 2.24) is 5.48 Å². The third-order valence-electron chi connectivity index (χ3n) is 2.37. The summed E-state index contributed by atoms with van der Waals surface area (Å²) in [6.07, 6.45) is 0.322. The van der Waals surface area contributed by atoms with E-state index in [4.69, 9.17) is 9.94 Å². The Hall–Kier alpha value is -1.46. The van der Waals surface area contributed by atoms with Crippen LogP contribution in [0.5, 0.6) is 0 Å². The predicted molar refractivity (Wildman–Crippen MR) is 59.9 cm³/mol. The second-order valence-electron chi connectivity index (χ2n) is 3.57. The number of carbonyl (C=O) groups excluding carboxylic acids is 1. The van der Waals surface area contributed by atoms with Crippen LogP contribution in [-0.4, -0.2) is 17.7 Å². The maximum absolute atomic E-state index is 12.8. The largest absolute Gasteiger partial charge is 0.374 e. The van der Waals surface area contributed by atoms with Gasteiger partial charge in [0.2, 0.25) is 5.91 Å². The van der Waals surface area contributed by atoms with Crippen molar-refractivity contribution in [3.8, 4) is 0 Å². The number of hydrogen-bond donors (Lipinski definition) is 2. The molecule has 0 radical (unpaired) electrons. The summed E-state index contributed by atoms with van der Waals surface area (Å²) in [7, 11) is 0. The molecule has 1 amide bonds. The number of rotatable bonds is 6. The first-order valence-corrected chi connectivity index (χ1v) is 5.47. The van der Waals surface area contributed by atoms with Gasteiger partial charge in [-0.05, 0) is 31.0 Å². The molecule has 0 saturated heterocycles. The van der Waals surface area contributed by atoms with E-state index >= 15 is 0 Å². The Kier molecular flexibility index (Phi) is 5.59. The molecule has 0 fully saturated rings. The number of benzene rings is 1. The number of hydrogen-bond acceptors (Lipinski definition) is 3. The lowest BCUT2D eigenvalue weighted by Crippen LogP contribution is -2.19. The van der Waals surface area contributed by atoms with Crippen molar-refractivity contribution in [2.24, 2.45) is 0 Å². The second kappa shape index (κ2) is 6.98. The first-order valence-electron chi connectivity index (χ1n) is 5.47. The summed E-state index contributed by atoms with van der Waals surface area (Å²) < 4.78 is 18.2. The van der Waals surface area contributed by atoms with Gasteiger partial charge >= 0.3 is 0 Å². The van der Waals surface area contributed by atoms with Crippen molar-refractivity contribution in [2.75, 3.05) is 6.61 Å². The molecule has 0 aliphatic carbocycles. The van der Waals surface area contributed by atoms with Crippen LogP contribution in [0.25, 0.3) is 0 Å². The fraction of sp³-hybridized carbons (Fsp3) is 0.417. The SMILES string of the molecule is CCOC(CCC(=O)NO)c1ccc(F)cc1. The molecule has 0 spiro atoms. The van der Waals surface area contributed by atoms with Gasteiger partial charge in [-0.25, -0.2) is 9.87 Å². The molecule has 1 atom stereocenters. The van der Waals surface area contributed by atoms with Gasteiger partial charge in [0, 0.05) is 13.0 Å². The highest BCUT2D eigenvalue weighted by molar-refractivity contribution is 5.74. The molecule has 94 valence electrons. The summed E-state index contributed by atoms with van der Waals surface area (Å²) >= 11 is 0. The Morgan fingerprint density at radius 3 is 2.65 bits per heavy atom. The van der Waals surface area contributed by atoms with Crippen molar-refractivity contribution in [3.63, 3.8) is 0 Å². The summed E-state index contributed by atoms with van der Waals surface area (Å²) in [6, 6.07) is 5.97. The van der Waals surface area contributed by atoms with Gasteiger partial charge in [-0.3, -0.25) is 10.0 Å². The van der Waals surface area contributed by atoms with E-state index in [2.05, 4.69) is 0 Å². The van der Waals surface area contributed by atoms with Gasteiger partial charge in [0.25, 0.3) is 0 Å². The zero-order chi connectivity index (χ0) is 12.7. The zero-order valence-corrected chi connectivity index (χ0v) is 9.65. The first kappa shape index (κ1) is 13.6. The molecule has 1 rings (SSSR count). The van der Waals surface area contributed by atoms with E-state index in [9.17, 15) is 9.18 Å². The van der Waals surface area contributed by atoms with Crippen molar-refractivity contribution in [1.29, 1.82) is 0 Å². The van der Waals surface area contributed by atoms with Gasteiger partial charge in [-0.2, -0.15) is 0 Å². The van der Waals surface area contributed by atoms with Crippen LogP contribution in [0, 0.1) is 5.82 Å². The molecule has 0 aliphatic rings. The fourth-order valence-corrected chi connectivity index (χ4v) is 1.54. The monoisotopic (exact) mass is 241 g/mol. The minimum atomic E-state index is -0.461. The normalized spacial score (nSPS) is 12.2. The lowest BCUT2D eigenvalue weighted by molar-refractivity contribution is -0.130. The average molecular weight is 241 g/mol. The number of amides is 1. The Labute approximate surface area is 99.4 Å². The second-order valence-corrected chi connectivity index (χ2v) is 3.57. The fourth-order valence-electron chi connectivity index (χ4n) is 1.54. The van der Waals surface area contributed by atoms with Crippen LogP contribution in [0.3, 0.4) is 0 Å². The number of ether oxygens (including phenoxy) is 1. The van der Waals surface area contributed by atoms with E-state index in [-0.39, 0.29) is 18.3 Å². The average Bonchev–Trinajstić information content (AvgIpc) is 2.35. The molecule has 0 aromatic heterocycles. The zero-order valence-electron chi connectivity index (χ0n) is 9.65. The summed E-state index contributed by atoms with van der Waals surface area (Å²) in [4.78, 5) is 10.9. The van der Waals surface area contributed by atoms with E-state index in [1.54, 1.807) is 17.6 Å². The van der Waals surface area contributed by atoms with E-state index < -0.39 is 5.91 Å². The Morgan fingerprint density at radius 2 is 2.12 bits per heavy atom. The number of hydroxylamine groups is 1. The first-order chi connectivity index (χ1) is 8.17. The molecule has 0 saturated carbocycles. The molecule has 0 aliphatic heterocycles. The van der Waals surface area contributed by atoms with E-state index in [0.717, 1.165) is 5.56 Å². The number of halogens is 1. The van der Waals surface area contributed by atoms with E-state index in [0.29, 0.717) is 13.0 Å². The molecule has 1 aromatic rings. The summed E-state index contributed by atoms with van der Waals surface area (Å²) in [6.45, 7) is 2.35. The van der Waals surface area contributed by atoms with Crippen LogP contribution >= 0.6 is 0 Å². The van der Waals surface area contributed by atoms with Gasteiger partial charge < -0.3 is 4.74 Å². The Morgan fingerprint density at radius 1 is 1.47 bits per heavy atom. The van der Waals surface area contributed by atoms with Crippen LogP contribution in [0.1, 0.15) is 31.4 Å². The maximum Gasteiger partial charge on any atom is 0.243 e. The minimum Gasteiger partial charge on any atom is -0.374 e. The van der Waals surface area contributed by atoms with Crippen LogP contribution < -0.4 is 5.48 Å². The Bertz CT molecular complexity index is 353. The quantitative estimate of drug-likeness (QED) is 0.593. The van der Waals surface area contributed by atoms with Gasteiger partial charge in [0.05, 0.1) is 6.10 Å². The topological polar surface area (TPSA) is 58.6 Å². The third kappa shape index (κ3) is 4.50. The third-order valence-corrected chi connectivity index (χ3v) is 2.37. The minimum absolute atomic E-state index is 0.151. The summed E-state index contributed by atoms with van der Waals surface area (Å²) in [5.74, 6) is -0.770. The molecule has 17 heavy (non-hydrogen) atoms. The van der Waals surface area contributed by atoms with Crippen molar-refractivity contribution in [2.45, 2.75) is 25.9 Å². The van der Waals surface area contributed by atoms with Crippen molar-refractivity contribution in [3.05, 3.63) is 35.6 Å². The predicted octanol–water partition coefficient (Wildman–Crippen LogP) is 2.19. The van der Waals surface area contributed by atoms with Crippen LogP contribution in [0.4, 0.5) is 4.39 Å². The van der Waals surface area contributed by atoms with E-state index in [1.807, 2.05) is 6.92 Å². The molecular weight excluding hydrogens is 225 g/mol. The maximum atomic E-state index is 12.8. The number of nitrogens with one attached hydrogen (secondary N) is 1. The van der Waals surface area contributed by atoms with Crippen LogP contribution in [0.15, 0.2) is 24.3 Å². The lowest BCUT2D eigenvalue weighted by atomic mass is 10.0. The van der Waals surface area contributed by atoms with E-state index in [1.165, 1.54) is 12.1 Å². The summed E-state index contributed by atoms with van der Waals surface area (Å²) in [5, 5.41) is 8.39. The number of carbonyl (C=O) groups is 1. The lowest BCUT2D eigenvalue weighted by Gasteiger charge is -2.16. The standard InChI is InChI=1S/C12H16FNO3/c1-2-17-11(7-8-12(15)14-16)9-3-5-10(13)6-4-9/h3-6,11,16H,2,7-8H2,1H3,(H,14,15). The molecule has 1 aromatic carbocycles. The molecule has 2 N–H and O–H groups in total. The Balaban J connectivity index is 2.64. The highest BCUT2D eigenvalue weighted by Crippen LogP contribution is 2.22. The highest BCUT2D eigenvalue weighted by Gasteiger charge is 2.13. The van der Waals surface area contributed by atoms with Crippen molar-refractivity contribution >= 4 is 5.91 Å². The van der Waals surface area contributed by atoms with Crippen molar-refractivity contribution < 1.29 is 19.1 Å². The van der Waals surface area contributed by atoms with Gasteiger partial charge in [-0.15, -0.1) is 0 Å². The smallest absolute Gasteiger partial charge is 0.243 e. The molecule has 1 unspecified atom stereocenters. The van der Waals surface area contributed by atoms with Gasteiger partial charge in [-0.1, -0.05) is 12.1 Å². The highest BCUT2D eigenvalue weighted by atomic mass is 19.1. The molecule has 0 heterocycles. The molecular formula is C12H16FNO3.